The van der Waals surface area contributed by atoms with Gasteiger partial charge in [-0.2, -0.15) is 5.10 Å². The molecule has 0 aliphatic rings. The molecule has 0 aliphatic heterocycles. The standard InChI is InChI=1S/C17H17FN2O/c1-3-13-8-10-14(11-9-13)12(2)19-20-17(21)15-6-4-5-7-16(15)18/h4-11H,3H2,1-2H3,(H,20,21)/b19-12-. The zero-order valence-electron chi connectivity index (χ0n) is 12.1. The molecule has 0 aromatic heterocycles. The molecule has 0 heterocycles. The van der Waals surface area contributed by atoms with Gasteiger partial charge in [-0.3, -0.25) is 4.79 Å². The third-order valence-electron chi connectivity index (χ3n) is 3.22. The molecule has 1 amide bonds. The van der Waals surface area contributed by atoms with E-state index in [0.717, 1.165) is 12.0 Å². The van der Waals surface area contributed by atoms with Gasteiger partial charge < -0.3 is 0 Å². The van der Waals surface area contributed by atoms with E-state index in [0.29, 0.717) is 5.71 Å². The molecule has 0 fully saturated rings. The fraction of sp³-hybridized carbons (Fsp3) is 0.176. The van der Waals surface area contributed by atoms with Crippen molar-refractivity contribution in [1.82, 2.24) is 5.43 Å². The van der Waals surface area contributed by atoms with Gasteiger partial charge in [-0.05, 0) is 36.6 Å². The van der Waals surface area contributed by atoms with Crippen molar-refractivity contribution in [3.8, 4) is 0 Å². The van der Waals surface area contributed by atoms with Crippen LogP contribution in [0, 0.1) is 5.82 Å². The average molecular weight is 284 g/mol. The summed E-state index contributed by atoms with van der Waals surface area (Å²) in [6, 6.07) is 13.8. The van der Waals surface area contributed by atoms with Crippen LogP contribution in [-0.2, 0) is 6.42 Å². The summed E-state index contributed by atoms with van der Waals surface area (Å²) in [4.78, 5) is 11.8. The van der Waals surface area contributed by atoms with E-state index in [9.17, 15) is 9.18 Å². The maximum atomic E-state index is 13.5. The predicted octanol–water partition coefficient (Wildman–Crippen LogP) is 3.54. The molecule has 0 atom stereocenters. The molecule has 0 saturated heterocycles. The molecule has 0 spiro atoms. The molecule has 0 saturated carbocycles. The molecule has 4 heteroatoms. The van der Waals surface area contributed by atoms with Crippen LogP contribution in [0.25, 0.3) is 0 Å². The molecule has 108 valence electrons. The van der Waals surface area contributed by atoms with E-state index in [1.165, 1.54) is 23.8 Å². The van der Waals surface area contributed by atoms with Crippen molar-refractivity contribution in [2.45, 2.75) is 20.3 Å². The summed E-state index contributed by atoms with van der Waals surface area (Å²) < 4.78 is 13.5. The summed E-state index contributed by atoms with van der Waals surface area (Å²) in [6.07, 6.45) is 0.973. The molecule has 0 radical (unpaired) electrons. The smallest absolute Gasteiger partial charge is 0.267 e. The largest absolute Gasteiger partial charge is 0.274 e. The average Bonchev–Trinajstić information content (AvgIpc) is 2.52. The molecule has 2 aromatic carbocycles. The fourth-order valence-corrected chi connectivity index (χ4v) is 1.89. The number of nitrogens with zero attached hydrogens (tertiary/aromatic N) is 1. The van der Waals surface area contributed by atoms with Crippen LogP contribution in [0.1, 0.15) is 35.3 Å². The number of halogens is 1. The summed E-state index contributed by atoms with van der Waals surface area (Å²) in [5.41, 5.74) is 5.18. The van der Waals surface area contributed by atoms with E-state index in [2.05, 4.69) is 17.5 Å². The van der Waals surface area contributed by atoms with Gasteiger partial charge in [0.2, 0.25) is 0 Å². The Hall–Kier alpha value is -2.49. The highest BCUT2D eigenvalue weighted by atomic mass is 19.1. The number of rotatable bonds is 4. The lowest BCUT2D eigenvalue weighted by Gasteiger charge is -2.04. The molecule has 0 unspecified atom stereocenters. The maximum absolute atomic E-state index is 13.5. The van der Waals surface area contributed by atoms with Crippen molar-refractivity contribution in [2.24, 2.45) is 5.10 Å². The molecule has 2 aromatic rings. The monoisotopic (exact) mass is 284 g/mol. The summed E-state index contributed by atoms with van der Waals surface area (Å²) in [5, 5.41) is 4.02. The summed E-state index contributed by atoms with van der Waals surface area (Å²) in [6.45, 7) is 3.88. The molecule has 2 rings (SSSR count). The highest BCUT2D eigenvalue weighted by Gasteiger charge is 2.09. The molecular formula is C17H17FN2O. The van der Waals surface area contributed by atoms with Crippen LogP contribution in [0.5, 0.6) is 0 Å². The van der Waals surface area contributed by atoms with Crippen molar-refractivity contribution in [3.63, 3.8) is 0 Å². The first kappa shape index (κ1) is 14.9. The Morgan fingerprint density at radius 2 is 1.81 bits per heavy atom. The first-order chi connectivity index (χ1) is 10.1. The van der Waals surface area contributed by atoms with Crippen LogP contribution in [0.15, 0.2) is 53.6 Å². The Morgan fingerprint density at radius 1 is 1.14 bits per heavy atom. The van der Waals surface area contributed by atoms with Gasteiger partial charge >= 0.3 is 0 Å². The van der Waals surface area contributed by atoms with Crippen molar-refractivity contribution in [3.05, 3.63) is 71.0 Å². The topological polar surface area (TPSA) is 41.5 Å². The second-order valence-corrected chi connectivity index (χ2v) is 4.67. The fourth-order valence-electron chi connectivity index (χ4n) is 1.89. The third-order valence-corrected chi connectivity index (χ3v) is 3.22. The van der Waals surface area contributed by atoms with Crippen LogP contribution >= 0.6 is 0 Å². The maximum Gasteiger partial charge on any atom is 0.274 e. The van der Waals surface area contributed by atoms with Gasteiger partial charge in [0.05, 0.1) is 11.3 Å². The van der Waals surface area contributed by atoms with E-state index in [1.54, 1.807) is 13.0 Å². The quantitative estimate of drug-likeness (QED) is 0.677. The Balaban J connectivity index is 2.09. The molecule has 3 nitrogen and oxygen atoms in total. The number of carbonyl (C=O) groups excluding carboxylic acids is 1. The lowest BCUT2D eigenvalue weighted by atomic mass is 10.1. The number of hydrogen-bond donors (Lipinski definition) is 1. The van der Waals surface area contributed by atoms with Crippen LogP contribution in [0.4, 0.5) is 4.39 Å². The minimum Gasteiger partial charge on any atom is -0.267 e. The van der Waals surface area contributed by atoms with Crippen molar-refractivity contribution in [2.75, 3.05) is 0 Å². The number of hydrazone groups is 1. The van der Waals surface area contributed by atoms with Crippen LogP contribution < -0.4 is 5.43 Å². The van der Waals surface area contributed by atoms with E-state index < -0.39 is 11.7 Å². The third kappa shape index (κ3) is 3.75. The van der Waals surface area contributed by atoms with Crippen molar-refractivity contribution in [1.29, 1.82) is 0 Å². The summed E-state index contributed by atoms with van der Waals surface area (Å²) in [7, 11) is 0. The van der Waals surface area contributed by atoms with Crippen LogP contribution in [-0.4, -0.2) is 11.6 Å². The van der Waals surface area contributed by atoms with Crippen LogP contribution in [0.2, 0.25) is 0 Å². The summed E-state index contributed by atoms with van der Waals surface area (Å²) in [5.74, 6) is -1.12. The SMILES string of the molecule is CCc1ccc(/C(C)=N\NC(=O)c2ccccc2F)cc1. The van der Waals surface area contributed by atoms with Gasteiger partial charge in [-0.15, -0.1) is 0 Å². The predicted molar refractivity (Wildman–Crippen MR) is 81.9 cm³/mol. The number of benzene rings is 2. The molecule has 0 aliphatic carbocycles. The van der Waals surface area contributed by atoms with E-state index >= 15 is 0 Å². The van der Waals surface area contributed by atoms with Gasteiger partial charge in [0.1, 0.15) is 5.82 Å². The van der Waals surface area contributed by atoms with Crippen molar-refractivity contribution >= 4 is 11.6 Å². The second kappa shape index (κ2) is 6.79. The summed E-state index contributed by atoms with van der Waals surface area (Å²) >= 11 is 0. The Labute approximate surface area is 123 Å². The number of aryl methyl sites for hydroxylation is 1. The minimum atomic E-state index is -0.560. The zero-order chi connectivity index (χ0) is 15.2. The number of hydrogen-bond acceptors (Lipinski definition) is 2. The van der Waals surface area contributed by atoms with Gasteiger partial charge in [-0.25, -0.2) is 9.82 Å². The normalized spacial score (nSPS) is 11.3. The number of nitrogens with one attached hydrogen (secondary N) is 1. The Kier molecular flexibility index (Phi) is 4.82. The van der Waals surface area contributed by atoms with Crippen molar-refractivity contribution < 1.29 is 9.18 Å². The second-order valence-electron chi connectivity index (χ2n) is 4.67. The van der Waals surface area contributed by atoms with E-state index in [-0.39, 0.29) is 5.56 Å². The Bertz CT molecular complexity index is 663. The molecule has 21 heavy (non-hydrogen) atoms. The zero-order valence-corrected chi connectivity index (χ0v) is 12.1. The van der Waals surface area contributed by atoms with Gasteiger partial charge in [0.25, 0.3) is 5.91 Å². The van der Waals surface area contributed by atoms with E-state index in [1.807, 2.05) is 24.3 Å². The Morgan fingerprint density at radius 3 is 2.43 bits per heavy atom. The highest BCUT2D eigenvalue weighted by molar-refractivity contribution is 6.00. The van der Waals surface area contributed by atoms with Gasteiger partial charge in [-0.1, -0.05) is 43.3 Å². The first-order valence-corrected chi connectivity index (χ1v) is 6.80. The molecule has 0 bridgehead atoms. The highest BCUT2D eigenvalue weighted by Crippen LogP contribution is 2.08. The lowest BCUT2D eigenvalue weighted by Crippen LogP contribution is -2.20. The molecule has 1 N–H and O–H groups in total. The lowest BCUT2D eigenvalue weighted by molar-refractivity contribution is 0.0951. The van der Waals surface area contributed by atoms with Gasteiger partial charge in [0, 0.05) is 0 Å². The first-order valence-electron chi connectivity index (χ1n) is 6.80. The number of amides is 1. The van der Waals surface area contributed by atoms with Crippen LogP contribution in [0.3, 0.4) is 0 Å². The molecular weight excluding hydrogens is 267 g/mol. The van der Waals surface area contributed by atoms with Gasteiger partial charge in [0.15, 0.2) is 0 Å². The van der Waals surface area contributed by atoms with E-state index in [4.69, 9.17) is 0 Å². The minimum absolute atomic E-state index is 0.0182. The number of carbonyl (C=O) groups is 1.